The molecule has 0 bridgehead atoms. The molecule has 5 nitrogen and oxygen atoms in total. The highest BCUT2D eigenvalue weighted by Gasteiger charge is 2.12. The minimum atomic E-state index is 0. The summed E-state index contributed by atoms with van der Waals surface area (Å²) in [6.07, 6.45) is 1.26. The molecule has 0 unspecified atom stereocenters. The number of hydrogen-bond donors (Lipinski definition) is 1. The van der Waals surface area contributed by atoms with Gasteiger partial charge in [-0.2, -0.15) is 0 Å². The summed E-state index contributed by atoms with van der Waals surface area (Å²) in [5.74, 6) is 1.55. The van der Waals surface area contributed by atoms with Gasteiger partial charge in [0.25, 0.3) is 0 Å². The second kappa shape index (κ2) is 12.0. The molecule has 0 saturated carbocycles. The van der Waals surface area contributed by atoms with E-state index in [9.17, 15) is 0 Å². The lowest BCUT2D eigenvalue weighted by Gasteiger charge is -2.26. The summed E-state index contributed by atoms with van der Waals surface area (Å²) in [7, 11) is 1.68. The molecule has 1 aromatic carbocycles. The topological polar surface area (TPSA) is 43.0 Å². The third-order valence-corrected chi connectivity index (χ3v) is 4.68. The molecule has 0 amide bonds. The van der Waals surface area contributed by atoms with Gasteiger partial charge < -0.3 is 31.9 Å². The lowest BCUT2D eigenvalue weighted by Crippen LogP contribution is -3.00. The smallest absolute Gasteiger partial charge is 0.162 e. The fraction of sp³-hybridized carbons (Fsp3) is 0.667. The summed E-state index contributed by atoms with van der Waals surface area (Å²) >= 11 is 3.63. The van der Waals surface area contributed by atoms with Crippen molar-refractivity contribution in [2.75, 3.05) is 46.5 Å². The molecular formula is C18H29BrClN2O3-. The Morgan fingerprint density at radius 2 is 1.96 bits per heavy atom. The predicted molar refractivity (Wildman–Crippen MR) is 100 cm³/mol. The molecule has 0 atom stereocenters. The van der Waals surface area contributed by atoms with Crippen LogP contribution in [-0.4, -0.2) is 57.5 Å². The van der Waals surface area contributed by atoms with Crippen molar-refractivity contribution in [3.05, 3.63) is 22.2 Å². The highest BCUT2D eigenvalue weighted by Crippen LogP contribution is 2.34. The van der Waals surface area contributed by atoms with Crippen LogP contribution in [0.5, 0.6) is 11.5 Å². The van der Waals surface area contributed by atoms with Gasteiger partial charge in [0.1, 0.15) is 0 Å². The van der Waals surface area contributed by atoms with E-state index >= 15 is 0 Å². The third-order valence-electron chi connectivity index (χ3n) is 3.94. The fourth-order valence-corrected chi connectivity index (χ4v) is 3.16. The Morgan fingerprint density at radius 3 is 2.60 bits per heavy atom. The van der Waals surface area contributed by atoms with Gasteiger partial charge >= 0.3 is 0 Å². The summed E-state index contributed by atoms with van der Waals surface area (Å²) in [6, 6.07) is 4.03. The molecular weight excluding hydrogens is 408 g/mol. The lowest BCUT2D eigenvalue weighted by molar-refractivity contribution is -0.00000785. The van der Waals surface area contributed by atoms with E-state index in [-0.39, 0.29) is 18.5 Å². The summed E-state index contributed by atoms with van der Waals surface area (Å²) < 4.78 is 17.7. The lowest BCUT2D eigenvalue weighted by atomic mass is 10.2. The number of halogens is 2. The molecule has 2 rings (SSSR count). The second-order valence-corrected chi connectivity index (χ2v) is 7.10. The first-order valence-corrected chi connectivity index (χ1v) is 9.43. The van der Waals surface area contributed by atoms with Gasteiger partial charge in [-0.05, 0) is 51.1 Å². The average Bonchev–Trinajstić information content (AvgIpc) is 2.56. The van der Waals surface area contributed by atoms with E-state index in [1.54, 1.807) is 7.11 Å². The molecule has 1 aliphatic rings. The van der Waals surface area contributed by atoms with E-state index < -0.39 is 0 Å². The first kappa shape index (κ1) is 22.5. The van der Waals surface area contributed by atoms with Crippen LogP contribution in [0.25, 0.3) is 0 Å². The van der Waals surface area contributed by atoms with Crippen LogP contribution >= 0.6 is 15.9 Å². The molecule has 144 valence electrons. The molecule has 1 aromatic rings. The third kappa shape index (κ3) is 7.71. The van der Waals surface area contributed by atoms with E-state index in [1.807, 2.05) is 26.0 Å². The van der Waals surface area contributed by atoms with Crippen molar-refractivity contribution in [2.45, 2.75) is 32.9 Å². The monoisotopic (exact) mass is 435 g/mol. The maximum absolute atomic E-state index is 5.79. The minimum Gasteiger partial charge on any atom is -1.00 e. The highest BCUT2D eigenvalue weighted by molar-refractivity contribution is 9.10. The Bertz CT molecular complexity index is 511. The van der Waals surface area contributed by atoms with Crippen LogP contribution in [0.3, 0.4) is 0 Å². The van der Waals surface area contributed by atoms with Gasteiger partial charge in [0.15, 0.2) is 11.5 Å². The zero-order valence-electron chi connectivity index (χ0n) is 15.3. The molecule has 0 aliphatic carbocycles. The number of methoxy groups -OCH3 is 1. The van der Waals surface area contributed by atoms with Crippen LogP contribution < -0.4 is 27.2 Å². The number of nitrogens with zero attached hydrogens (tertiary/aromatic N) is 1. The first-order chi connectivity index (χ1) is 11.6. The van der Waals surface area contributed by atoms with Crippen molar-refractivity contribution in [3.8, 4) is 11.5 Å². The zero-order chi connectivity index (χ0) is 17.4. The quantitative estimate of drug-likeness (QED) is 0.555. The van der Waals surface area contributed by atoms with Crippen LogP contribution in [0, 0.1) is 0 Å². The predicted octanol–water partition coefficient (Wildman–Crippen LogP) is 0.0608. The number of morpholine rings is 1. The van der Waals surface area contributed by atoms with E-state index in [1.165, 1.54) is 5.56 Å². The normalized spacial score (nSPS) is 15.1. The molecule has 0 aromatic heterocycles. The van der Waals surface area contributed by atoms with E-state index in [0.717, 1.165) is 68.3 Å². The van der Waals surface area contributed by atoms with E-state index in [2.05, 4.69) is 26.1 Å². The first-order valence-electron chi connectivity index (χ1n) is 8.64. The fourth-order valence-electron chi connectivity index (χ4n) is 2.69. The molecule has 25 heavy (non-hydrogen) atoms. The number of rotatable bonds is 9. The Morgan fingerprint density at radius 1 is 1.24 bits per heavy atom. The molecule has 1 fully saturated rings. The summed E-state index contributed by atoms with van der Waals surface area (Å²) in [6.45, 7) is 10.8. The van der Waals surface area contributed by atoms with Crippen molar-refractivity contribution in [2.24, 2.45) is 0 Å². The van der Waals surface area contributed by atoms with Gasteiger partial charge in [-0.15, -0.1) is 0 Å². The van der Waals surface area contributed by atoms with Crippen LogP contribution in [-0.2, 0) is 11.3 Å². The molecule has 1 heterocycles. The molecule has 0 radical (unpaired) electrons. The van der Waals surface area contributed by atoms with Gasteiger partial charge in [0.05, 0.1) is 26.4 Å². The van der Waals surface area contributed by atoms with Gasteiger partial charge in [0.2, 0.25) is 0 Å². The zero-order valence-corrected chi connectivity index (χ0v) is 17.7. The van der Waals surface area contributed by atoms with Gasteiger partial charge in [-0.1, -0.05) is 15.9 Å². The van der Waals surface area contributed by atoms with E-state index in [4.69, 9.17) is 14.2 Å². The van der Waals surface area contributed by atoms with Crippen molar-refractivity contribution in [3.63, 3.8) is 0 Å². The Balaban J connectivity index is 0.00000312. The number of nitrogens with one attached hydrogen (secondary N) is 1. The molecule has 1 N–H and O–H groups in total. The van der Waals surface area contributed by atoms with Crippen molar-refractivity contribution < 1.29 is 26.6 Å². The molecule has 7 heteroatoms. The van der Waals surface area contributed by atoms with Gasteiger partial charge in [0, 0.05) is 24.1 Å². The Labute approximate surface area is 165 Å². The number of benzene rings is 1. The standard InChI is InChI=1S/C18H29BrN2O3.ClH/c1-14(2)24-18-12-16(19)15(11-17(18)22-3)13-20-5-4-6-21-7-9-23-10-8-21;/h11-12,14,20H,4-10,13H2,1-3H3;1H/p-1. The summed E-state index contributed by atoms with van der Waals surface area (Å²) in [5.41, 5.74) is 1.18. The SMILES string of the molecule is COc1cc(CNCCCN2CCOCC2)c(Br)cc1OC(C)C.[Cl-]. The summed E-state index contributed by atoms with van der Waals surface area (Å²) in [5, 5.41) is 3.51. The minimum absolute atomic E-state index is 0. The number of hydrogen-bond acceptors (Lipinski definition) is 5. The van der Waals surface area contributed by atoms with Gasteiger partial charge in [-0.3, -0.25) is 4.90 Å². The van der Waals surface area contributed by atoms with Crippen molar-refractivity contribution in [1.82, 2.24) is 10.2 Å². The van der Waals surface area contributed by atoms with Crippen LogP contribution in [0.1, 0.15) is 25.8 Å². The van der Waals surface area contributed by atoms with Crippen LogP contribution in [0.4, 0.5) is 0 Å². The van der Waals surface area contributed by atoms with Crippen LogP contribution in [0.15, 0.2) is 16.6 Å². The van der Waals surface area contributed by atoms with Crippen molar-refractivity contribution >= 4 is 15.9 Å². The van der Waals surface area contributed by atoms with E-state index in [0.29, 0.717) is 0 Å². The van der Waals surface area contributed by atoms with Crippen LogP contribution in [0.2, 0.25) is 0 Å². The van der Waals surface area contributed by atoms with Crippen molar-refractivity contribution in [1.29, 1.82) is 0 Å². The average molecular weight is 437 g/mol. The maximum atomic E-state index is 5.79. The number of ether oxygens (including phenoxy) is 3. The Kier molecular flexibility index (Phi) is 10.8. The molecule has 1 saturated heterocycles. The summed E-state index contributed by atoms with van der Waals surface area (Å²) in [4.78, 5) is 2.46. The second-order valence-electron chi connectivity index (χ2n) is 6.25. The highest BCUT2D eigenvalue weighted by atomic mass is 79.9. The Hall–Kier alpha value is -0.530. The van der Waals surface area contributed by atoms with Gasteiger partial charge in [-0.25, -0.2) is 0 Å². The molecule has 1 aliphatic heterocycles. The molecule has 0 spiro atoms. The largest absolute Gasteiger partial charge is 1.00 e. The maximum Gasteiger partial charge on any atom is 0.162 e.